The average molecular weight is 243 g/mol. The summed E-state index contributed by atoms with van der Waals surface area (Å²) < 4.78 is 5.42. The molecule has 0 fully saturated rings. The summed E-state index contributed by atoms with van der Waals surface area (Å²) in [6.45, 7) is 17.6. The van der Waals surface area contributed by atoms with Crippen LogP contribution < -0.4 is 5.32 Å². The molecule has 0 aliphatic carbocycles. The highest BCUT2D eigenvalue weighted by Crippen LogP contribution is 2.29. The van der Waals surface area contributed by atoms with Gasteiger partial charge in [0.15, 0.2) is 0 Å². The van der Waals surface area contributed by atoms with E-state index in [9.17, 15) is 0 Å². The Bertz CT molecular complexity index is 172. The fourth-order valence-corrected chi connectivity index (χ4v) is 1.96. The number of hydrogen-bond acceptors (Lipinski definition) is 2. The first-order valence-corrected chi connectivity index (χ1v) is 7.16. The van der Waals surface area contributed by atoms with Crippen molar-refractivity contribution < 1.29 is 4.74 Å². The fraction of sp³-hybridized carbons (Fsp3) is 1.00. The van der Waals surface area contributed by atoms with E-state index in [2.05, 4.69) is 46.9 Å². The molecule has 0 saturated carbocycles. The van der Waals surface area contributed by atoms with Crippen molar-refractivity contribution in [2.45, 2.75) is 54.4 Å². The summed E-state index contributed by atoms with van der Waals surface area (Å²) in [5.41, 5.74) is 0.385. The third-order valence-corrected chi connectivity index (χ3v) is 3.21. The lowest BCUT2D eigenvalue weighted by atomic mass is 9.78. The minimum Gasteiger partial charge on any atom is -0.382 e. The Labute approximate surface area is 109 Å². The van der Waals surface area contributed by atoms with Crippen LogP contribution in [0.3, 0.4) is 0 Å². The quantitative estimate of drug-likeness (QED) is 0.623. The summed E-state index contributed by atoms with van der Waals surface area (Å²) in [5.74, 6) is 1.47. The third-order valence-electron chi connectivity index (χ3n) is 3.21. The number of ether oxygens (including phenoxy) is 1. The highest BCUT2D eigenvalue weighted by Gasteiger charge is 2.23. The van der Waals surface area contributed by atoms with E-state index in [0.717, 1.165) is 38.1 Å². The van der Waals surface area contributed by atoms with Crippen LogP contribution in [0.4, 0.5) is 0 Å². The fourth-order valence-electron chi connectivity index (χ4n) is 1.96. The van der Waals surface area contributed by atoms with Gasteiger partial charge in [-0.25, -0.2) is 0 Å². The lowest BCUT2D eigenvalue weighted by Crippen LogP contribution is -2.33. The topological polar surface area (TPSA) is 21.3 Å². The van der Waals surface area contributed by atoms with Crippen molar-refractivity contribution in [2.24, 2.45) is 17.3 Å². The summed E-state index contributed by atoms with van der Waals surface area (Å²) in [5, 5.41) is 3.59. The Hall–Kier alpha value is -0.0800. The predicted molar refractivity (Wildman–Crippen MR) is 76.4 cm³/mol. The molecular weight excluding hydrogens is 210 g/mol. The van der Waals surface area contributed by atoms with Gasteiger partial charge in [-0.2, -0.15) is 0 Å². The smallest absolute Gasteiger partial charge is 0.0466 e. The summed E-state index contributed by atoms with van der Waals surface area (Å²) in [6, 6.07) is 0. The van der Waals surface area contributed by atoms with E-state index in [-0.39, 0.29) is 0 Å². The van der Waals surface area contributed by atoms with Crippen LogP contribution in [0.25, 0.3) is 0 Å². The highest BCUT2D eigenvalue weighted by atomic mass is 16.5. The van der Waals surface area contributed by atoms with Crippen LogP contribution in [0, 0.1) is 17.3 Å². The highest BCUT2D eigenvalue weighted by molar-refractivity contribution is 4.76. The molecule has 0 rings (SSSR count). The largest absolute Gasteiger partial charge is 0.382 e. The van der Waals surface area contributed by atoms with Crippen LogP contribution in [0.2, 0.25) is 0 Å². The zero-order chi connectivity index (χ0) is 13.3. The van der Waals surface area contributed by atoms with Crippen LogP contribution in [-0.4, -0.2) is 26.3 Å². The van der Waals surface area contributed by atoms with E-state index in [1.165, 1.54) is 12.8 Å². The van der Waals surface area contributed by atoms with Crippen LogP contribution in [0.5, 0.6) is 0 Å². The Morgan fingerprint density at radius 2 is 1.76 bits per heavy atom. The van der Waals surface area contributed by atoms with Crippen molar-refractivity contribution in [3.8, 4) is 0 Å². The minimum atomic E-state index is 0.385. The monoisotopic (exact) mass is 243 g/mol. The molecule has 2 heteroatoms. The number of hydrogen-bond donors (Lipinski definition) is 1. The molecule has 0 spiro atoms. The number of nitrogens with one attached hydrogen (secondary N) is 1. The molecule has 17 heavy (non-hydrogen) atoms. The maximum Gasteiger partial charge on any atom is 0.0466 e. The van der Waals surface area contributed by atoms with Gasteiger partial charge in [0.1, 0.15) is 0 Å². The van der Waals surface area contributed by atoms with Crippen molar-refractivity contribution in [1.82, 2.24) is 5.32 Å². The van der Waals surface area contributed by atoms with Gasteiger partial charge in [0.25, 0.3) is 0 Å². The van der Waals surface area contributed by atoms with Gasteiger partial charge in [-0.1, -0.05) is 34.6 Å². The normalized spacial score (nSPS) is 14.3. The molecule has 1 unspecified atom stereocenters. The van der Waals surface area contributed by atoms with Crippen molar-refractivity contribution in [1.29, 1.82) is 0 Å². The van der Waals surface area contributed by atoms with E-state index in [0.29, 0.717) is 5.41 Å². The number of rotatable bonds is 9. The van der Waals surface area contributed by atoms with Crippen LogP contribution in [0.15, 0.2) is 0 Å². The van der Waals surface area contributed by atoms with Crippen LogP contribution >= 0.6 is 0 Å². The molecule has 0 aliphatic heterocycles. The lowest BCUT2D eigenvalue weighted by Gasteiger charge is -2.31. The van der Waals surface area contributed by atoms with Crippen LogP contribution in [-0.2, 0) is 4.74 Å². The Kier molecular flexibility index (Phi) is 8.89. The average Bonchev–Trinajstić information content (AvgIpc) is 2.19. The van der Waals surface area contributed by atoms with E-state index in [1.807, 2.05) is 0 Å². The standard InChI is InChI=1S/C15H33NO/c1-7-17-10-8-9-14(15(4,5)6)12-16-11-13(2)3/h13-14,16H,7-12H2,1-6H3. The maximum absolute atomic E-state index is 5.42. The Balaban J connectivity index is 3.90. The predicted octanol–water partition coefficient (Wildman–Crippen LogP) is 3.71. The molecule has 0 bridgehead atoms. The van der Waals surface area contributed by atoms with E-state index in [4.69, 9.17) is 4.74 Å². The molecule has 104 valence electrons. The molecule has 2 nitrogen and oxygen atoms in total. The molecule has 0 aromatic carbocycles. The van der Waals surface area contributed by atoms with Crippen molar-refractivity contribution in [2.75, 3.05) is 26.3 Å². The first-order valence-electron chi connectivity index (χ1n) is 7.16. The second-order valence-corrected chi connectivity index (χ2v) is 6.45. The van der Waals surface area contributed by atoms with Gasteiger partial charge in [0.2, 0.25) is 0 Å². The maximum atomic E-state index is 5.42. The molecule has 0 aromatic heterocycles. The third kappa shape index (κ3) is 9.61. The van der Waals surface area contributed by atoms with Gasteiger partial charge in [-0.15, -0.1) is 0 Å². The summed E-state index contributed by atoms with van der Waals surface area (Å²) in [6.07, 6.45) is 2.44. The summed E-state index contributed by atoms with van der Waals surface area (Å²) >= 11 is 0. The molecule has 0 heterocycles. The molecule has 1 atom stereocenters. The van der Waals surface area contributed by atoms with Gasteiger partial charge in [0, 0.05) is 13.2 Å². The lowest BCUT2D eigenvalue weighted by molar-refractivity contribution is 0.127. The van der Waals surface area contributed by atoms with E-state index >= 15 is 0 Å². The van der Waals surface area contributed by atoms with E-state index in [1.54, 1.807) is 0 Å². The van der Waals surface area contributed by atoms with Gasteiger partial charge >= 0.3 is 0 Å². The molecule has 0 radical (unpaired) electrons. The molecule has 0 amide bonds. The first-order chi connectivity index (χ1) is 7.88. The Morgan fingerprint density at radius 1 is 1.12 bits per heavy atom. The second kappa shape index (κ2) is 8.93. The van der Waals surface area contributed by atoms with Gasteiger partial charge in [0.05, 0.1) is 0 Å². The molecule has 1 N–H and O–H groups in total. The summed E-state index contributed by atoms with van der Waals surface area (Å²) in [4.78, 5) is 0. The van der Waals surface area contributed by atoms with Gasteiger partial charge in [-0.3, -0.25) is 0 Å². The Morgan fingerprint density at radius 3 is 2.24 bits per heavy atom. The van der Waals surface area contributed by atoms with Crippen molar-refractivity contribution in [3.05, 3.63) is 0 Å². The zero-order valence-corrected chi connectivity index (χ0v) is 12.8. The second-order valence-electron chi connectivity index (χ2n) is 6.45. The van der Waals surface area contributed by atoms with Crippen LogP contribution in [0.1, 0.15) is 54.4 Å². The summed E-state index contributed by atoms with van der Waals surface area (Å²) in [7, 11) is 0. The molecule has 0 aromatic rings. The first kappa shape index (κ1) is 16.9. The minimum absolute atomic E-state index is 0.385. The van der Waals surface area contributed by atoms with E-state index < -0.39 is 0 Å². The van der Waals surface area contributed by atoms with Gasteiger partial charge in [-0.05, 0) is 50.1 Å². The van der Waals surface area contributed by atoms with Crippen molar-refractivity contribution in [3.63, 3.8) is 0 Å². The molecule has 0 aliphatic rings. The van der Waals surface area contributed by atoms with Gasteiger partial charge < -0.3 is 10.1 Å². The SMILES string of the molecule is CCOCCCC(CNCC(C)C)C(C)(C)C. The zero-order valence-electron chi connectivity index (χ0n) is 12.8. The molecule has 0 saturated heterocycles. The van der Waals surface area contributed by atoms with Crippen molar-refractivity contribution >= 4 is 0 Å². The molecular formula is C15H33NO.